The second kappa shape index (κ2) is 73.2. The Morgan fingerprint density at radius 2 is 0.529 bits per heavy atom. The fourth-order valence-electron chi connectivity index (χ4n) is 9.04. The summed E-state index contributed by atoms with van der Waals surface area (Å²) in [4.78, 5) is 72.8. The van der Waals surface area contributed by atoms with Crippen LogP contribution >= 0.6 is 15.6 Å². The fourth-order valence-corrected chi connectivity index (χ4v) is 10.6. The van der Waals surface area contributed by atoms with Crippen molar-refractivity contribution in [3.05, 3.63) is 194 Å². The van der Waals surface area contributed by atoms with Gasteiger partial charge in [0.1, 0.15) is 19.3 Å². The zero-order valence-corrected chi connectivity index (χ0v) is 64.2. The van der Waals surface area contributed by atoms with E-state index in [1.165, 1.54) is 0 Å². The predicted octanol–water partition coefficient (Wildman–Crippen LogP) is 21.8. The minimum absolute atomic E-state index is 0.0608. The van der Waals surface area contributed by atoms with Gasteiger partial charge in [0.05, 0.1) is 39.3 Å². The average molecular weight is 1460 g/mol. The van der Waals surface area contributed by atoms with Gasteiger partial charge in [-0.3, -0.25) is 37.3 Å². The van der Waals surface area contributed by atoms with Crippen LogP contribution in [-0.2, 0) is 65.4 Å². The number of aliphatic hydroxyl groups is 1. The number of allylic oxidation sites excluding steroid dienone is 30. The molecule has 0 aromatic heterocycles. The van der Waals surface area contributed by atoms with Crippen molar-refractivity contribution in [2.45, 2.75) is 264 Å². The van der Waals surface area contributed by atoms with E-state index in [-0.39, 0.29) is 25.7 Å². The Hall–Kier alpha value is -6.10. The summed E-state index contributed by atoms with van der Waals surface area (Å²) in [6.45, 7) is 4.11. The number of aliphatic hydroxyl groups excluding tert-OH is 1. The number of phosphoric acid groups is 2. The van der Waals surface area contributed by atoms with E-state index in [0.29, 0.717) is 25.7 Å². The maximum absolute atomic E-state index is 13.1. The van der Waals surface area contributed by atoms with Crippen LogP contribution in [0.2, 0.25) is 0 Å². The molecule has 0 aromatic carbocycles. The number of carbonyl (C=O) groups is 4. The van der Waals surface area contributed by atoms with Crippen LogP contribution in [0.5, 0.6) is 0 Å². The summed E-state index contributed by atoms with van der Waals surface area (Å²) in [6, 6.07) is 0. The monoisotopic (exact) mass is 1460 g/mol. The molecule has 102 heavy (non-hydrogen) atoms. The molecule has 0 rings (SSSR count). The highest BCUT2D eigenvalue weighted by molar-refractivity contribution is 7.47. The number of rotatable bonds is 68. The Bertz CT molecular complexity index is 2700. The van der Waals surface area contributed by atoms with Gasteiger partial charge in [-0.05, 0) is 141 Å². The Balaban J connectivity index is 5.53. The topological polar surface area (TPSA) is 237 Å². The standard InChI is InChI=1S/C83H130O17P2/c1-5-9-13-17-21-25-29-33-37-38-42-44-48-52-56-60-64-68-81(86)94-74-79(100-83(88)70-66-62-58-54-50-46-41-36-32-28-24-20-16-12-8-4)76-98-102(91,92)96-72-77(84)71-95-101(89,90)97-75-78(99-82(87)69-65-61-57-53-49-45-40-35-31-27-23-19-15-11-7-3)73-93-80(85)67-63-59-55-51-47-43-39-34-30-26-22-18-14-10-6-2/h9-16,21-28,33-37,39-41,47,49,51,53,59,61,63,65,77-79,84H,5-8,17-20,29-32,38,42-46,48,50,52,54-58,60,62,64,66-76H2,1-4H3,(H,89,90)(H,91,92)/b13-9-,14-10-,15-11-,16-12-,25-21-,26-22-,27-23-,28-24-,37-33-,39-34-,40-35-,41-36-,51-47-,53-49-,63-59-,65-61-. The van der Waals surface area contributed by atoms with Crippen LogP contribution in [0.3, 0.4) is 0 Å². The summed E-state index contributed by atoms with van der Waals surface area (Å²) in [5.41, 5.74) is 0. The highest BCUT2D eigenvalue weighted by Crippen LogP contribution is 2.45. The Morgan fingerprint density at radius 1 is 0.284 bits per heavy atom. The smallest absolute Gasteiger partial charge is 0.462 e. The molecule has 5 atom stereocenters. The van der Waals surface area contributed by atoms with E-state index in [9.17, 15) is 43.2 Å². The van der Waals surface area contributed by atoms with Crippen molar-refractivity contribution in [3.8, 4) is 0 Å². The highest BCUT2D eigenvalue weighted by atomic mass is 31.2. The molecular formula is C83H130O17P2. The third-order valence-corrected chi connectivity index (χ3v) is 16.5. The molecule has 0 aliphatic rings. The molecule has 0 aliphatic heterocycles. The molecule has 0 heterocycles. The minimum Gasteiger partial charge on any atom is -0.462 e. The lowest BCUT2D eigenvalue weighted by molar-refractivity contribution is -0.161. The van der Waals surface area contributed by atoms with Gasteiger partial charge in [0.25, 0.3) is 0 Å². The lowest BCUT2D eigenvalue weighted by Gasteiger charge is -2.21. The second-order valence-electron chi connectivity index (χ2n) is 24.1. The minimum atomic E-state index is -5.03. The van der Waals surface area contributed by atoms with Crippen molar-refractivity contribution < 1.29 is 80.2 Å². The Morgan fingerprint density at radius 3 is 0.863 bits per heavy atom. The van der Waals surface area contributed by atoms with Crippen molar-refractivity contribution in [1.82, 2.24) is 0 Å². The number of phosphoric ester groups is 2. The molecule has 0 amide bonds. The van der Waals surface area contributed by atoms with Crippen LogP contribution in [0.15, 0.2) is 194 Å². The van der Waals surface area contributed by atoms with Gasteiger partial charge >= 0.3 is 39.5 Å². The summed E-state index contributed by atoms with van der Waals surface area (Å²) < 4.78 is 68.2. The first kappa shape index (κ1) is 95.9. The summed E-state index contributed by atoms with van der Waals surface area (Å²) in [5.74, 6) is -2.53. The van der Waals surface area contributed by atoms with Gasteiger partial charge in [-0.2, -0.15) is 0 Å². The van der Waals surface area contributed by atoms with E-state index in [0.717, 1.165) is 167 Å². The molecule has 17 nitrogen and oxygen atoms in total. The average Bonchev–Trinajstić information content (AvgIpc) is 0.926. The first-order valence-electron chi connectivity index (χ1n) is 37.7. The van der Waals surface area contributed by atoms with E-state index in [1.807, 2.05) is 24.3 Å². The first-order valence-corrected chi connectivity index (χ1v) is 40.7. The van der Waals surface area contributed by atoms with Gasteiger partial charge in [0.2, 0.25) is 0 Å². The molecule has 0 saturated carbocycles. The number of esters is 4. The number of unbranched alkanes of at least 4 members (excludes halogenated alkanes) is 12. The van der Waals surface area contributed by atoms with Crippen LogP contribution in [0, 0.1) is 0 Å². The van der Waals surface area contributed by atoms with Crippen molar-refractivity contribution in [2.75, 3.05) is 39.6 Å². The highest BCUT2D eigenvalue weighted by Gasteiger charge is 2.30. The maximum Gasteiger partial charge on any atom is 0.472 e. The van der Waals surface area contributed by atoms with Gasteiger partial charge < -0.3 is 33.8 Å². The SMILES string of the molecule is CC/C=C\C/C=C\C/C=C\C/C=C\C/C=C\CC(=O)OCC(COP(=O)(O)OCC(O)COP(=O)(O)OCC(COC(=O)CCCCCCCCC/C=C\C/C=C\C/C=C\CC)OC(=O)CCCCCCC/C=C\C/C=C\C/C=C\CC)OC(=O)C/C=C\C/C=C\C/C=C\C/C=C\C/C=C\CC. The van der Waals surface area contributed by atoms with Crippen molar-refractivity contribution >= 4 is 39.5 Å². The molecule has 0 radical (unpaired) electrons. The number of hydrogen-bond acceptors (Lipinski definition) is 15. The van der Waals surface area contributed by atoms with Crippen molar-refractivity contribution in [3.63, 3.8) is 0 Å². The number of hydrogen-bond donors (Lipinski definition) is 3. The largest absolute Gasteiger partial charge is 0.472 e. The zero-order valence-electron chi connectivity index (χ0n) is 62.4. The summed E-state index contributed by atoms with van der Waals surface area (Å²) >= 11 is 0. The van der Waals surface area contributed by atoms with Gasteiger partial charge in [0, 0.05) is 12.8 Å². The third-order valence-electron chi connectivity index (χ3n) is 14.6. The van der Waals surface area contributed by atoms with Gasteiger partial charge in [-0.1, -0.05) is 273 Å². The summed E-state index contributed by atoms with van der Waals surface area (Å²) in [6.07, 6.45) is 89.2. The second-order valence-corrected chi connectivity index (χ2v) is 27.0. The van der Waals surface area contributed by atoms with Crippen LogP contribution in [-0.4, -0.2) is 96.7 Å². The van der Waals surface area contributed by atoms with Gasteiger partial charge in [-0.15, -0.1) is 0 Å². The Kier molecular flexibility index (Phi) is 68.8. The third kappa shape index (κ3) is 72.3. The maximum atomic E-state index is 13.1. The van der Waals surface area contributed by atoms with Crippen LogP contribution in [0.1, 0.15) is 246 Å². The molecule has 0 aliphatic carbocycles. The fraction of sp³-hybridized carbons (Fsp3) is 0.566. The molecule has 0 bridgehead atoms. The first-order chi connectivity index (χ1) is 49.7. The van der Waals surface area contributed by atoms with Gasteiger partial charge in [0.15, 0.2) is 12.2 Å². The van der Waals surface area contributed by atoms with Gasteiger partial charge in [-0.25, -0.2) is 9.13 Å². The van der Waals surface area contributed by atoms with E-state index in [4.69, 9.17) is 37.0 Å². The quantitative estimate of drug-likeness (QED) is 0.0169. The Labute approximate surface area is 615 Å². The van der Waals surface area contributed by atoms with Crippen molar-refractivity contribution in [2.24, 2.45) is 0 Å². The molecule has 5 unspecified atom stereocenters. The van der Waals surface area contributed by atoms with E-state index < -0.39 is 97.5 Å². The van der Waals surface area contributed by atoms with Crippen LogP contribution in [0.25, 0.3) is 0 Å². The number of carbonyl (C=O) groups excluding carboxylic acids is 4. The normalized spacial score (nSPS) is 15.0. The molecular weight excluding hydrogens is 1330 g/mol. The molecule has 3 N–H and O–H groups in total. The van der Waals surface area contributed by atoms with Crippen LogP contribution in [0.4, 0.5) is 0 Å². The van der Waals surface area contributed by atoms with Crippen LogP contribution < -0.4 is 0 Å². The molecule has 19 heteroatoms. The predicted molar refractivity (Wildman–Crippen MR) is 417 cm³/mol. The lowest BCUT2D eigenvalue weighted by atomic mass is 10.1. The molecule has 0 fully saturated rings. The lowest BCUT2D eigenvalue weighted by Crippen LogP contribution is -2.30. The molecule has 0 saturated heterocycles. The summed E-state index contributed by atoms with van der Waals surface area (Å²) in [7, 11) is -10.0. The zero-order chi connectivity index (χ0) is 74.6. The van der Waals surface area contributed by atoms with Crippen molar-refractivity contribution in [1.29, 1.82) is 0 Å². The number of ether oxygens (including phenoxy) is 4. The summed E-state index contributed by atoms with van der Waals surface area (Å²) in [5, 5.41) is 10.6. The molecule has 0 spiro atoms. The van der Waals surface area contributed by atoms with E-state index in [2.05, 4.69) is 174 Å². The van der Waals surface area contributed by atoms with E-state index >= 15 is 0 Å². The van der Waals surface area contributed by atoms with E-state index in [1.54, 1.807) is 24.3 Å². The molecule has 0 aromatic rings. The molecule has 574 valence electrons.